The molecule has 1 aliphatic heterocycles. The Balaban J connectivity index is 1.81. The highest BCUT2D eigenvalue weighted by atomic mass is 16.5. The molecule has 0 bridgehead atoms. The van der Waals surface area contributed by atoms with Crippen LogP contribution >= 0.6 is 0 Å². The zero-order valence-corrected chi connectivity index (χ0v) is 13.7. The number of hydrogen-bond donors (Lipinski definition) is 1. The summed E-state index contributed by atoms with van der Waals surface area (Å²) >= 11 is 0. The van der Waals surface area contributed by atoms with E-state index in [9.17, 15) is 19.2 Å². The summed E-state index contributed by atoms with van der Waals surface area (Å²) in [4.78, 5) is 48.7. The van der Waals surface area contributed by atoms with Gasteiger partial charge in [0.25, 0.3) is 17.7 Å². The number of ether oxygens (including phenoxy) is 1. The van der Waals surface area contributed by atoms with Gasteiger partial charge in [-0.15, -0.1) is 0 Å². The van der Waals surface area contributed by atoms with Crippen LogP contribution in [0.5, 0.6) is 0 Å². The van der Waals surface area contributed by atoms with Gasteiger partial charge in [0.15, 0.2) is 6.10 Å². The van der Waals surface area contributed by atoms with Crippen molar-refractivity contribution in [1.82, 2.24) is 10.2 Å². The molecule has 1 aliphatic rings. The third kappa shape index (κ3) is 3.79. The molecule has 0 aliphatic carbocycles. The van der Waals surface area contributed by atoms with Gasteiger partial charge in [0, 0.05) is 19.5 Å². The van der Waals surface area contributed by atoms with E-state index in [0.29, 0.717) is 17.7 Å². The summed E-state index contributed by atoms with van der Waals surface area (Å²) in [6.45, 7) is 3.86. The highest BCUT2D eigenvalue weighted by Crippen LogP contribution is 2.22. The molecule has 0 unspecified atom stereocenters. The molecule has 7 nitrogen and oxygen atoms in total. The maximum absolute atomic E-state index is 12.2. The SMILES string of the molecule is CCNC(=O)[C@@H](C)OC(=O)CCCN1C(=O)c2ccccc2C1=O. The van der Waals surface area contributed by atoms with E-state index in [1.54, 1.807) is 31.2 Å². The molecule has 2 rings (SSSR count). The lowest BCUT2D eigenvalue weighted by molar-refractivity contribution is -0.154. The molecule has 1 atom stereocenters. The van der Waals surface area contributed by atoms with E-state index in [1.165, 1.54) is 6.92 Å². The average Bonchev–Trinajstić information content (AvgIpc) is 2.80. The van der Waals surface area contributed by atoms with Crippen LogP contribution in [0.2, 0.25) is 0 Å². The van der Waals surface area contributed by atoms with E-state index in [4.69, 9.17) is 4.74 Å². The molecule has 0 aromatic heterocycles. The van der Waals surface area contributed by atoms with Crippen LogP contribution in [-0.2, 0) is 14.3 Å². The van der Waals surface area contributed by atoms with E-state index in [2.05, 4.69) is 5.32 Å². The van der Waals surface area contributed by atoms with E-state index in [-0.39, 0.29) is 37.1 Å². The summed E-state index contributed by atoms with van der Waals surface area (Å²) in [7, 11) is 0. The third-order valence-electron chi connectivity index (χ3n) is 3.67. The summed E-state index contributed by atoms with van der Waals surface area (Å²) in [6.07, 6.45) is -0.555. The topological polar surface area (TPSA) is 92.8 Å². The minimum absolute atomic E-state index is 0.0250. The Labute approximate surface area is 140 Å². The van der Waals surface area contributed by atoms with Crippen molar-refractivity contribution in [1.29, 1.82) is 0 Å². The first-order chi connectivity index (χ1) is 11.5. The first-order valence-corrected chi connectivity index (χ1v) is 7.88. The van der Waals surface area contributed by atoms with Crippen molar-refractivity contribution in [2.45, 2.75) is 32.8 Å². The largest absolute Gasteiger partial charge is 0.453 e. The van der Waals surface area contributed by atoms with Gasteiger partial charge in [0.05, 0.1) is 11.1 Å². The fourth-order valence-electron chi connectivity index (χ4n) is 2.45. The molecular weight excluding hydrogens is 312 g/mol. The standard InChI is InChI=1S/C17H20N2O5/c1-3-18-15(21)11(2)24-14(20)9-6-10-19-16(22)12-7-4-5-8-13(12)17(19)23/h4-5,7-8,11H,3,6,9-10H2,1-2H3,(H,18,21)/t11-/m1/s1. The molecule has 0 spiro atoms. The van der Waals surface area contributed by atoms with Gasteiger partial charge in [-0.05, 0) is 32.4 Å². The van der Waals surface area contributed by atoms with Crippen LogP contribution in [0.25, 0.3) is 0 Å². The highest BCUT2D eigenvalue weighted by Gasteiger charge is 2.34. The number of amides is 3. The van der Waals surface area contributed by atoms with Gasteiger partial charge in [0.2, 0.25) is 0 Å². The predicted octanol–water partition coefficient (Wildman–Crippen LogP) is 1.13. The van der Waals surface area contributed by atoms with Crippen LogP contribution in [0.4, 0.5) is 0 Å². The Morgan fingerprint density at radius 1 is 1.17 bits per heavy atom. The first-order valence-electron chi connectivity index (χ1n) is 7.88. The fraction of sp³-hybridized carbons (Fsp3) is 0.412. The molecule has 0 fully saturated rings. The quantitative estimate of drug-likeness (QED) is 0.597. The van der Waals surface area contributed by atoms with Crippen molar-refractivity contribution in [2.75, 3.05) is 13.1 Å². The van der Waals surface area contributed by atoms with Gasteiger partial charge >= 0.3 is 5.97 Å². The predicted molar refractivity (Wildman–Crippen MR) is 85.3 cm³/mol. The number of carbonyl (C=O) groups excluding carboxylic acids is 4. The Morgan fingerprint density at radius 3 is 2.29 bits per heavy atom. The van der Waals surface area contributed by atoms with Crippen molar-refractivity contribution < 1.29 is 23.9 Å². The second-order valence-corrected chi connectivity index (χ2v) is 5.44. The van der Waals surface area contributed by atoms with Crippen molar-refractivity contribution in [2.24, 2.45) is 0 Å². The van der Waals surface area contributed by atoms with E-state index in [0.717, 1.165) is 4.90 Å². The zero-order chi connectivity index (χ0) is 17.7. The van der Waals surface area contributed by atoms with Gasteiger partial charge in [-0.3, -0.25) is 24.1 Å². The Bertz CT molecular complexity index is 636. The number of rotatable bonds is 7. The first kappa shape index (κ1) is 17.7. The number of hydrogen-bond acceptors (Lipinski definition) is 5. The molecule has 0 saturated heterocycles. The Morgan fingerprint density at radius 2 is 1.75 bits per heavy atom. The lowest BCUT2D eigenvalue weighted by Crippen LogP contribution is -2.36. The van der Waals surface area contributed by atoms with Gasteiger partial charge in [-0.25, -0.2) is 0 Å². The molecule has 0 saturated carbocycles. The van der Waals surface area contributed by atoms with Gasteiger partial charge in [-0.1, -0.05) is 12.1 Å². The van der Waals surface area contributed by atoms with Gasteiger partial charge < -0.3 is 10.1 Å². The smallest absolute Gasteiger partial charge is 0.306 e. The van der Waals surface area contributed by atoms with Crippen molar-refractivity contribution >= 4 is 23.7 Å². The number of fused-ring (bicyclic) bond motifs is 1. The summed E-state index contributed by atoms with van der Waals surface area (Å²) in [5.41, 5.74) is 0.768. The number of benzene rings is 1. The number of carbonyl (C=O) groups is 4. The van der Waals surface area contributed by atoms with Gasteiger partial charge in [0.1, 0.15) is 0 Å². The lowest BCUT2D eigenvalue weighted by atomic mass is 10.1. The number of nitrogens with zero attached hydrogens (tertiary/aromatic N) is 1. The maximum Gasteiger partial charge on any atom is 0.306 e. The number of imide groups is 1. The molecule has 128 valence electrons. The summed E-state index contributed by atoms with van der Waals surface area (Å²) < 4.78 is 5.01. The second kappa shape index (κ2) is 7.72. The molecule has 24 heavy (non-hydrogen) atoms. The third-order valence-corrected chi connectivity index (χ3v) is 3.67. The molecular formula is C17H20N2O5. The van der Waals surface area contributed by atoms with Crippen LogP contribution in [-0.4, -0.2) is 47.8 Å². The van der Waals surface area contributed by atoms with Crippen LogP contribution in [0.15, 0.2) is 24.3 Å². The van der Waals surface area contributed by atoms with E-state index >= 15 is 0 Å². The minimum Gasteiger partial charge on any atom is -0.453 e. The summed E-state index contributed by atoms with van der Waals surface area (Å²) in [5.74, 6) is -1.59. The van der Waals surface area contributed by atoms with E-state index in [1.807, 2.05) is 0 Å². The second-order valence-electron chi connectivity index (χ2n) is 5.44. The van der Waals surface area contributed by atoms with Crippen LogP contribution in [0.1, 0.15) is 47.4 Å². The summed E-state index contributed by atoms with van der Waals surface area (Å²) in [5, 5.41) is 2.56. The lowest BCUT2D eigenvalue weighted by Gasteiger charge is -2.15. The molecule has 1 aromatic carbocycles. The number of nitrogens with one attached hydrogen (secondary N) is 1. The monoisotopic (exact) mass is 332 g/mol. The fourth-order valence-corrected chi connectivity index (χ4v) is 2.45. The molecule has 3 amide bonds. The number of likely N-dealkylation sites (N-methyl/N-ethyl adjacent to an activating group) is 1. The highest BCUT2D eigenvalue weighted by molar-refractivity contribution is 6.21. The molecule has 0 radical (unpaired) electrons. The van der Waals surface area contributed by atoms with Crippen molar-refractivity contribution in [3.63, 3.8) is 0 Å². The van der Waals surface area contributed by atoms with Crippen LogP contribution < -0.4 is 5.32 Å². The molecule has 7 heteroatoms. The van der Waals surface area contributed by atoms with E-state index < -0.39 is 12.1 Å². The average molecular weight is 332 g/mol. The molecule has 1 heterocycles. The molecule has 1 aromatic rings. The zero-order valence-electron chi connectivity index (χ0n) is 13.7. The van der Waals surface area contributed by atoms with Crippen LogP contribution in [0.3, 0.4) is 0 Å². The Kier molecular flexibility index (Phi) is 5.68. The Hall–Kier alpha value is -2.70. The van der Waals surface area contributed by atoms with Crippen molar-refractivity contribution in [3.8, 4) is 0 Å². The maximum atomic E-state index is 12.2. The normalized spacial score (nSPS) is 14.3. The summed E-state index contributed by atoms with van der Waals surface area (Å²) in [6, 6.07) is 6.62. The molecule has 1 N–H and O–H groups in total. The van der Waals surface area contributed by atoms with Gasteiger partial charge in [-0.2, -0.15) is 0 Å². The van der Waals surface area contributed by atoms with Crippen LogP contribution in [0, 0.1) is 0 Å². The minimum atomic E-state index is -0.864. The van der Waals surface area contributed by atoms with Crippen molar-refractivity contribution in [3.05, 3.63) is 35.4 Å². The number of esters is 1.